The lowest BCUT2D eigenvalue weighted by molar-refractivity contribution is 0.101. The number of aromatic nitrogens is 2. The van der Waals surface area contributed by atoms with E-state index in [0.717, 1.165) is 5.56 Å². The molecule has 0 amide bonds. The molecule has 0 saturated carbocycles. The first-order valence-corrected chi connectivity index (χ1v) is 9.28. The minimum atomic E-state index is -0.179. The van der Waals surface area contributed by atoms with Gasteiger partial charge in [-0.3, -0.25) is 14.6 Å². The second-order valence-electron chi connectivity index (χ2n) is 6.66. The summed E-state index contributed by atoms with van der Waals surface area (Å²) in [4.78, 5) is 29.0. The fourth-order valence-electron chi connectivity index (χ4n) is 3.25. The van der Waals surface area contributed by atoms with E-state index in [-0.39, 0.29) is 17.4 Å². The molecule has 0 saturated heterocycles. The van der Waals surface area contributed by atoms with Gasteiger partial charge in [0.15, 0.2) is 5.78 Å². The topological polar surface area (TPSA) is 61.2 Å². The second-order valence-corrected chi connectivity index (χ2v) is 7.10. The van der Waals surface area contributed by atoms with E-state index < -0.39 is 0 Å². The van der Waals surface area contributed by atoms with E-state index in [9.17, 15) is 9.59 Å². The molecule has 2 heterocycles. The molecule has 2 aromatic heterocycles. The van der Waals surface area contributed by atoms with Gasteiger partial charge in [0.2, 0.25) is 0 Å². The van der Waals surface area contributed by atoms with Gasteiger partial charge in [0.05, 0.1) is 13.3 Å². The molecule has 0 aliphatic carbocycles. The van der Waals surface area contributed by atoms with Crippen molar-refractivity contribution < 1.29 is 9.53 Å². The number of carbonyl (C=O) groups excluding carboxylic acids is 1. The summed E-state index contributed by atoms with van der Waals surface area (Å²) in [5, 5.41) is 0.483. The van der Waals surface area contributed by atoms with Crippen LogP contribution in [0.2, 0.25) is 5.02 Å². The highest BCUT2D eigenvalue weighted by molar-refractivity contribution is 6.31. The highest BCUT2D eigenvalue weighted by atomic mass is 35.5. The predicted octanol–water partition coefficient (Wildman–Crippen LogP) is 4.58. The third-order valence-electron chi connectivity index (χ3n) is 4.64. The summed E-state index contributed by atoms with van der Waals surface area (Å²) in [6.45, 7) is 3.45. The summed E-state index contributed by atoms with van der Waals surface area (Å²) >= 11 is 6.14. The van der Waals surface area contributed by atoms with Crippen molar-refractivity contribution in [2.45, 2.75) is 26.3 Å². The molecule has 28 heavy (non-hydrogen) atoms. The standard InChI is InChI=1S/C22H21ClN2O3/c1-14(9-16-5-4-8-24-12-16)25-13-21(28-3)20(11-22(25)27)19-10-17(23)6-7-18(19)15(2)26/h4-8,10-14H,9H2,1-3H3. The van der Waals surface area contributed by atoms with Crippen LogP contribution in [0.25, 0.3) is 11.1 Å². The zero-order valence-electron chi connectivity index (χ0n) is 16.0. The zero-order chi connectivity index (χ0) is 20.3. The van der Waals surface area contributed by atoms with Crippen molar-refractivity contribution in [3.05, 3.63) is 81.5 Å². The maximum atomic E-state index is 12.9. The SMILES string of the molecule is COc1cn(C(C)Cc2cccnc2)c(=O)cc1-c1cc(Cl)ccc1C(C)=O. The fraction of sp³-hybridized carbons (Fsp3) is 0.227. The van der Waals surface area contributed by atoms with Gasteiger partial charge in [-0.05, 0) is 55.7 Å². The number of hydrogen-bond donors (Lipinski definition) is 0. The predicted molar refractivity (Wildman–Crippen MR) is 110 cm³/mol. The number of hydrogen-bond acceptors (Lipinski definition) is 4. The van der Waals surface area contributed by atoms with Crippen LogP contribution in [0.1, 0.15) is 35.8 Å². The molecule has 1 aromatic carbocycles. The summed E-state index contributed by atoms with van der Waals surface area (Å²) in [5.41, 5.74) is 2.48. The summed E-state index contributed by atoms with van der Waals surface area (Å²) in [7, 11) is 1.54. The number of Topliss-reactive ketones (excluding diaryl/α,β-unsaturated/α-hetero) is 1. The van der Waals surface area contributed by atoms with Crippen molar-refractivity contribution in [3.63, 3.8) is 0 Å². The van der Waals surface area contributed by atoms with Crippen molar-refractivity contribution in [2.24, 2.45) is 0 Å². The molecular weight excluding hydrogens is 376 g/mol. The van der Waals surface area contributed by atoms with Crippen LogP contribution in [-0.2, 0) is 6.42 Å². The van der Waals surface area contributed by atoms with Crippen LogP contribution in [0.5, 0.6) is 5.75 Å². The maximum absolute atomic E-state index is 12.9. The molecule has 5 nitrogen and oxygen atoms in total. The highest BCUT2D eigenvalue weighted by Gasteiger charge is 2.18. The number of methoxy groups -OCH3 is 1. The van der Waals surface area contributed by atoms with E-state index in [1.807, 2.05) is 19.1 Å². The molecule has 1 atom stereocenters. The summed E-state index contributed by atoms with van der Waals surface area (Å²) in [5.74, 6) is 0.394. The molecule has 1 unspecified atom stereocenters. The molecule has 6 heteroatoms. The Morgan fingerprint density at radius 3 is 2.68 bits per heavy atom. The molecule has 0 spiro atoms. The normalized spacial score (nSPS) is 11.9. The Bertz CT molecular complexity index is 1060. The van der Waals surface area contributed by atoms with Crippen LogP contribution in [-0.4, -0.2) is 22.4 Å². The Labute approximate surface area is 168 Å². The average Bonchev–Trinajstić information content (AvgIpc) is 2.68. The molecular formula is C22H21ClN2O3. The van der Waals surface area contributed by atoms with Crippen molar-refractivity contribution in [2.75, 3.05) is 7.11 Å². The largest absolute Gasteiger partial charge is 0.495 e. The highest BCUT2D eigenvalue weighted by Crippen LogP contribution is 2.34. The number of benzene rings is 1. The van der Waals surface area contributed by atoms with Gasteiger partial charge in [-0.1, -0.05) is 17.7 Å². The molecule has 144 valence electrons. The van der Waals surface area contributed by atoms with Crippen LogP contribution in [0.15, 0.2) is 59.8 Å². The van der Waals surface area contributed by atoms with Gasteiger partial charge in [-0.15, -0.1) is 0 Å². The van der Waals surface area contributed by atoms with E-state index in [4.69, 9.17) is 16.3 Å². The molecule has 0 bridgehead atoms. The molecule has 0 radical (unpaired) electrons. The number of pyridine rings is 2. The van der Waals surface area contributed by atoms with Crippen molar-refractivity contribution in [3.8, 4) is 16.9 Å². The number of halogens is 1. The molecule has 3 aromatic rings. The van der Waals surface area contributed by atoms with Gasteiger partial charge in [-0.2, -0.15) is 0 Å². The lowest BCUT2D eigenvalue weighted by Gasteiger charge is -2.19. The Balaban J connectivity index is 2.07. The Morgan fingerprint density at radius 2 is 2.04 bits per heavy atom. The number of carbonyl (C=O) groups is 1. The monoisotopic (exact) mass is 396 g/mol. The Morgan fingerprint density at radius 1 is 1.25 bits per heavy atom. The van der Waals surface area contributed by atoms with E-state index in [2.05, 4.69) is 4.98 Å². The first-order valence-electron chi connectivity index (χ1n) is 8.90. The third kappa shape index (κ3) is 4.15. The number of ether oxygens (including phenoxy) is 1. The average molecular weight is 397 g/mol. The third-order valence-corrected chi connectivity index (χ3v) is 4.88. The summed E-state index contributed by atoms with van der Waals surface area (Å²) in [6.07, 6.45) is 5.85. The van der Waals surface area contributed by atoms with Crippen LogP contribution < -0.4 is 10.3 Å². The van der Waals surface area contributed by atoms with Crippen LogP contribution in [0.3, 0.4) is 0 Å². The zero-order valence-corrected chi connectivity index (χ0v) is 16.7. The number of rotatable bonds is 6. The van der Waals surface area contributed by atoms with Gasteiger partial charge in [-0.25, -0.2) is 0 Å². The van der Waals surface area contributed by atoms with Crippen LogP contribution >= 0.6 is 11.6 Å². The fourth-order valence-corrected chi connectivity index (χ4v) is 3.42. The van der Waals surface area contributed by atoms with Gasteiger partial charge < -0.3 is 9.30 Å². The van der Waals surface area contributed by atoms with E-state index in [1.54, 1.807) is 41.4 Å². The van der Waals surface area contributed by atoms with E-state index in [0.29, 0.717) is 33.9 Å². The van der Waals surface area contributed by atoms with Crippen molar-refractivity contribution in [1.29, 1.82) is 0 Å². The number of nitrogens with zero attached hydrogens (tertiary/aromatic N) is 2. The maximum Gasteiger partial charge on any atom is 0.251 e. The Hall–Kier alpha value is -2.92. The second kappa shape index (κ2) is 8.40. The van der Waals surface area contributed by atoms with Gasteiger partial charge in [0.1, 0.15) is 5.75 Å². The molecule has 0 aliphatic heterocycles. The minimum absolute atomic E-state index is 0.0914. The molecule has 0 aliphatic rings. The van der Waals surface area contributed by atoms with E-state index >= 15 is 0 Å². The van der Waals surface area contributed by atoms with E-state index in [1.165, 1.54) is 20.1 Å². The smallest absolute Gasteiger partial charge is 0.251 e. The first-order chi connectivity index (χ1) is 13.4. The minimum Gasteiger partial charge on any atom is -0.495 e. The quantitative estimate of drug-likeness (QED) is 0.572. The Kier molecular flexibility index (Phi) is 5.95. The van der Waals surface area contributed by atoms with Crippen molar-refractivity contribution >= 4 is 17.4 Å². The lowest BCUT2D eigenvalue weighted by atomic mass is 9.97. The van der Waals surface area contributed by atoms with Gasteiger partial charge in [0.25, 0.3) is 5.56 Å². The molecule has 0 N–H and O–H groups in total. The number of ketones is 1. The summed E-state index contributed by atoms with van der Waals surface area (Å²) < 4.78 is 7.18. The lowest BCUT2D eigenvalue weighted by Crippen LogP contribution is -2.24. The van der Waals surface area contributed by atoms with Crippen LogP contribution in [0.4, 0.5) is 0 Å². The summed E-state index contributed by atoms with van der Waals surface area (Å²) in [6, 6.07) is 10.3. The van der Waals surface area contributed by atoms with Crippen molar-refractivity contribution in [1.82, 2.24) is 9.55 Å². The molecule has 3 rings (SSSR count). The van der Waals surface area contributed by atoms with Gasteiger partial charge >= 0.3 is 0 Å². The first kappa shape index (κ1) is 19.8. The van der Waals surface area contributed by atoms with Crippen LogP contribution in [0, 0.1) is 0 Å². The van der Waals surface area contributed by atoms with Gasteiger partial charge in [0, 0.05) is 40.7 Å². The molecule has 0 fully saturated rings.